The zero-order valence-corrected chi connectivity index (χ0v) is 3.68. The fourth-order valence-corrected chi connectivity index (χ4v) is 0.484. The minimum atomic E-state index is 0.0787. The maximum atomic E-state index is 3.69. The third-order valence-corrected chi connectivity index (χ3v) is 0.853. The van der Waals surface area contributed by atoms with Gasteiger partial charge in [0.05, 0.1) is 0 Å². The lowest BCUT2D eigenvalue weighted by atomic mass is 12.4. The molecule has 1 heterocycles. The summed E-state index contributed by atoms with van der Waals surface area (Å²) in [5.41, 5.74) is 5.12. The standard InChI is InChI=1S/H4N4Si/c1-2-4-5-3-1/h1-3,5H. The minimum absolute atomic E-state index is 0.0787. The fraction of sp³-hybridized carbons (Fsp3) is 0. The highest BCUT2D eigenvalue weighted by atomic mass is 28.2. The summed E-state index contributed by atoms with van der Waals surface area (Å²) in [5.74, 6) is 0. The van der Waals surface area contributed by atoms with E-state index in [0.717, 1.165) is 0 Å². The van der Waals surface area contributed by atoms with Crippen molar-refractivity contribution in [2.24, 2.45) is 4.74 Å². The molecule has 0 saturated heterocycles. The van der Waals surface area contributed by atoms with Crippen molar-refractivity contribution < 1.29 is 0 Å². The smallest absolute Gasteiger partial charge is 0.268 e. The Labute approximate surface area is 31.5 Å². The number of nitrogens with zero attached hydrogens (tertiary/aromatic N) is 1. The van der Waals surface area contributed by atoms with Gasteiger partial charge in [0.15, 0.2) is 0 Å². The average Bonchev–Trinajstić information content (AvgIpc) is 1.76. The molecule has 0 amide bonds. The molecule has 1 aliphatic rings. The molecule has 28 valence electrons. The van der Waals surface area contributed by atoms with Gasteiger partial charge < -0.3 is 5.09 Å². The molecular formula is H4N4Si. The van der Waals surface area contributed by atoms with Gasteiger partial charge in [0.2, 0.25) is 0 Å². The molecule has 0 bridgehead atoms. The Morgan fingerprint density at radius 3 is 2.80 bits per heavy atom. The summed E-state index contributed by atoms with van der Waals surface area (Å²) in [6, 6.07) is 0. The molecule has 0 radical (unpaired) electrons. The highest BCUT2D eigenvalue weighted by Crippen LogP contribution is 1.46. The summed E-state index contributed by atoms with van der Waals surface area (Å²) in [5, 5.41) is 2.78. The maximum Gasteiger partial charge on any atom is 0.268 e. The van der Waals surface area contributed by atoms with Crippen LogP contribution in [0.2, 0.25) is 0 Å². The molecule has 0 aromatic heterocycles. The van der Waals surface area contributed by atoms with Crippen molar-refractivity contribution in [1.29, 1.82) is 0 Å². The number of rotatable bonds is 0. The third-order valence-electron chi connectivity index (χ3n) is 0.322. The Morgan fingerprint density at radius 2 is 2.60 bits per heavy atom. The SMILES string of the molecule is N1=[SiH]NNN1. The van der Waals surface area contributed by atoms with Crippen molar-refractivity contribution in [3.63, 3.8) is 0 Å². The molecule has 0 spiro atoms. The van der Waals surface area contributed by atoms with Crippen LogP contribution in [0.4, 0.5) is 0 Å². The molecule has 0 unspecified atom stereocenters. The molecule has 0 atom stereocenters. The maximum absolute atomic E-state index is 3.69. The van der Waals surface area contributed by atoms with E-state index in [1.165, 1.54) is 0 Å². The van der Waals surface area contributed by atoms with Crippen LogP contribution in [-0.2, 0) is 0 Å². The van der Waals surface area contributed by atoms with Gasteiger partial charge in [0.1, 0.15) is 0 Å². The second kappa shape index (κ2) is 1.13. The molecule has 5 heavy (non-hydrogen) atoms. The summed E-state index contributed by atoms with van der Waals surface area (Å²) in [6.45, 7) is 0. The first-order valence-corrected chi connectivity index (χ1v) is 2.36. The molecular weight excluding hydrogens is 84.1 g/mol. The van der Waals surface area contributed by atoms with E-state index in [0.29, 0.717) is 0 Å². The summed E-state index contributed by atoms with van der Waals surface area (Å²) < 4.78 is 3.69. The Kier molecular flexibility index (Phi) is 0.634. The number of hydrogen-bond acceptors (Lipinski definition) is 4. The van der Waals surface area contributed by atoms with Crippen molar-refractivity contribution in [2.75, 3.05) is 0 Å². The van der Waals surface area contributed by atoms with Crippen LogP contribution >= 0.6 is 0 Å². The zero-order chi connectivity index (χ0) is 3.54. The summed E-state index contributed by atoms with van der Waals surface area (Å²) in [6.07, 6.45) is 0. The second-order valence-electron chi connectivity index (χ2n) is 0.639. The molecule has 1 rings (SSSR count). The molecule has 0 aliphatic carbocycles. The lowest BCUT2D eigenvalue weighted by Gasteiger charge is -1.85. The van der Waals surface area contributed by atoms with Crippen molar-refractivity contribution >= 4 is 9.47 Å². The van der Waals surface area contributed by atoms with Crippen LogP contribution in [0.1, 0.15) is 0 Å². The lowest BCUT2D eigenvalue weighted by Crippen LogP contribution is -2.31. The van der Waals surface area contributed by atoms with Gasteiger partial charge in [0.25, 0.3) is 9.47 Å². The van der Waals surface area contributed by atoms with Gasteiger partial charge in [-0.15, -0.1) is 5.53 Å². The number of hydrogen-bond donors (Lipinski definition) is 3. The topological polar surface area (TPSA) is 48.5 Å². The van der Waals surface area contributed by atoms with E-state index < -0.39 is 0 Å². The third kappa shape index (κ3) is 0.425. The largest absolute Gasteiger partial charge is 0.325 e. The predicted molar refractivity (Wildman–Crippen MR) is 19.0 cm³/mol. The highest BCUT2D eigenvalue weighted by molar-refractivity contribution is 6.17. The van der Waals surface area contributed by atoms with Crippen LogP contribution in [0.15, 0.2) is 4.74 Å². The number of nitrogens with one attached hydrogen (secondary N) is 3. The minimum Gasteiger partial charge on any atom is -0.325 e. The average molecular weight is 88.1 g/mol. The van der Waals surface area contributed by atoms with Gasteiger partial charge in [0, 0.05) is 0 Å². The highest BCUT2D eigenvalue weighted by Gasteiger charge is 1.77. The van der Waals surface area contributed by atoms with E-state index in [1.807, 2.05) is 0 Å². The molecule has 3 N–H and O–H groups in total. The fourth-order valence-electron chi connectivity index (χ4n) is 0.161. The molecule has 0 aromatic rings. The first kappa shape index (κ1) is 2.80. The van der Waals surface area contributed by atoms with Gasteiger partial charge in [-0.1, -0.05) is 0 Å². The van der Waals surface area contributed by atoms with E-state index in [4.69, 9.17) is 0 Å². The molecule has 1 aliphatic heterocycles. The van der Waals surface area contributed by atoms with Gasteiger partial charge in [-0.05, 0) is 0 Å². The second-order valence-corrected chi connectivity index (χ2v) is 1.44. The molecule has 0 aromatic carbocycles. The van der Waals surface area contributed by atoms with Crippen molar-refractivity contribution in [3.05, 3.63) is 0 Å². The van der Waals surface area contributed by atoms with Gasteiger partial charge >= 0.3 is 0 Å². The van der Waals surface area contributed by atoms with Crippen molar-refractivity contribution in [1.82, 2.24) is 16.2 Å². The normalized spacial score (nSPS) is 17.6. The van der Waals surface area contributed by atoms with Crippen LogP contribution in [-0.4, -0.2) is 9.47 Å². The van der Waals surface area contributed by atoms with E-state index in [2.05, 4.69) is 20.9 Å². The Morgan fingerprint density at radius 1 is 1.60 bits per heavy atom. The number of hydrazine groups is 2. The Hall–Kier alpha value is -0.423. The van der Waals surface area contributed by atoms with Crippen molar-refractivity contribution in [2.45, 2.75) is 0 Å². The van der Waals surface area contributed by atoms with E-state index in [9.17, 15) is 0 Å². The van der Waals surface area contributed by atoms with Crippen LogP contribution in [0.3, 0.4) is 0 Å². The van der Waals surface area contributed by atoms with E-state index in [1.54, 1.807) is 0 Å². The zero-order valence-electron chi connectivity index (χ0n) is 2.52. The first-order chi connectivity index (χ1) is 2.50. The lowest BCUT2D eigenvalue weighted by molar-refractivity contribution is 0.580. The molecule has 0 fully saturated rings. The summed E-state index contributed by atoms with van der Waals surface area (Å²) in [4.78, 5) is 0. The van der Waals surface area contributed by atoms with Crippen LogP contribution in [0.5, 0.6) is 0 Å². The molecule has 5 heteroatoms. The van der Waals surface area contributed by atoms with Crippen LogP contribution in [0.25, 0.3) is 0 Å². The van der Waals surface area contributed by atoms with Crippen LogP contribution < -0.4 is 16.2 Å². The van der Waals surface area contributed by atoms with Gasteiger partial charge in [-0.3, -0.25) is 0 Å². The van der Waals surface area contributed by atoms with E-state index >= 15 is 0 Å². The molecule has 0 saturated carbocycles. The Balaban J connectivity index is 2.32. The summed E-state index contributed by atoms with van der Waals surface area (Å²) >= 11 is 0. The van der Waals surface area contributed by atoms with Gasteiger partial charge in [-0.25, -0.2) is 10.3 Å². The predicted octanol–water partition coefficient (Wildman–Crippen LogP) is -1.95. The Bertz CT molecular complexity index is 41.6. The van der Waals surface area contributed by atoms with Crippen molar-refractivity contribution in [3.8, 4) is 0 Å². The van der Waals surface area contributed by atoms with Gasteiger partial charge in [-0.2, -0.15) is 0 Å². The first-order valence-electron chi connectivity index (χ1n) is 1.27. The monoisotopic (exact) mass is 88.0 g/mol. The quantitative estimate of drug-likeness (QED) is 0.302. The van der Waals surface area contributed by atoms with E-state index in [-0.39, 0.29) is 9.47 Å². The molecule has 4 nitrogen and oxygen atoms in total. The summed E-state index contributed by atoms with van der Waals surface area (Å²) in [7, 11) is 0.0787. The van der Waals surface area contributed by atoms with Crippen LogP contribution in [0, 0.1) is 0 Å².